The number of terminal acetylenes is 1. The Bertz CT molecular complexity index is 1320. The van der Waals surface area contributed by atoms with Crippen LogP contribution >= 0.6 is 0 Å². The number of ketones is 2. The van der Waals surface area contributed by atoms with Crippen molar-refractivity contribution < 1.29 is 28.8 Å². The van der Waals surface area contributed by atoms with Crippen LogP contribution in [0.5, 0.6) is 0 Å². The Morgan fingerprint density at radius 1 is 0.915 bits per heavy atom. The first-order chi connectivity index (χ1) is 22.1. The third-order valence-electron chi connectivity index (χ3n) is 11.2. The van der Waals surface area contributed by atoms with Crippen LogP contribution in [0.25, 0.3) is 0 Å². The molecule has 5 aliphatic rings. The van der Waals surface area contributed by atoms with Gasteiger partial charge in [-0.3, -0.25) is 24.0 Å². The maximum atomic E-state index is 14.4. The molecule has 0 bridgehead atoms. The molecule has 0 aromatic heterocycles. The van der Waals surface area contributed by atoms with Crippen LogP contribution in [0.4, 0.5) is 4.79 Å². The van der Waals surface area contributed by atoms with Gasteiger partial charge in [-0.2, -0.15) is 0 Å². The highest BCUT2D eigenvalue weighted by atomic mass is 16.2. The number of carbonyl (C=O) groups excluding carboxylic acids is 6. The van der Waals surface area contributed by atoms with Crippen LogP contribution in [-0.2, 0) is 24.0 Å². The summed E-state index contributed by atoms with van der Waals surface area (Å²) in [6, 6.07) is -4.13. The first kappa shape index (κ1) is 34.9. The number of urea groups is 1. The Balaban J connectivity index is 1.31. The molecule has 11 nitrogen and oxygen atoms in total. The van der Waals surface area contributed by atoms with E-state index in [4.69, 9.17) is 6.42 Å². The second-order valence-electron chi connectivity index (χ2n) is 16.3. The summed E-state index contributed by atoms with van der Waals surface area (Å²) in [5.41, 5.74) is -0.913. The Hall–Kier alpha value is -3.42. The average molecular weight is 652 g/mol. The zero-order chi connectivity index (χ0) is 34.3. The van der Waals surface area contributed by atoms with Crippen molar-refractivity contribution in [3.8, 4) is 12.3 Å². The molecule has 11 heteroatoms. The first-order valence-corrected chi connectivity index (χ1v) is 17.6. The molecule has 5 fully saturated rings. The van der Waals surface area contributed by atoms with Crippen molar-refractivity contribution in [3.63, 3.8) is 0 Å². The number of nitrogens with one attached hydrogen (secondary N) is 4. The SMILES string of the molecule is C#CCCC(NC(=O)[C@@H]1C2[C@H](CN1C(=O)[C@@H](NC(=O)N[C@H](C(=O)C1CC1)C1CCCCC1)C(C)(C)C)C2(C)C)C(=O)C(=O)NC1CC1. The van der Waals surface area contributed by atoms with Gasteiger partial charge in [0.2, 0.25) is 17.6 Å². The number of nitrogens with zero attached hydrogens (tertiary/aromatic N) is 1. The van der Waals surface area contributed by atoms with E-state index in [1.807, 2.05) is 20.8 Å². The standard InChI is InChI=1S/C36H53N5O6/c1-7-8-14-24(29(43)32(45)37-22-17-18-22)38-31(44)27-25-23(36(25,5)6)19-41(27)33(46)30(35(2,3)4)40-34(47)39-26(28(42)21-15-16-21)20-12-10-9-11-13-20/h1,20-27,30H,8-19H2,2-6H3,(H,37,45)(H,38,44)(H2,39,40,47)/t23-,24?,25?,26-,27-,30+/m0/s1. The topological polar surface area (TPSA) is 154 Å². The van der Waals surface area contributed by atoms with Gasteiger partial charge in [-0.05, 0) is 73.5 Å². The van der Waals surface area contributed by atoms with Crippen molar-refractivity contribution in [1.29, 1.82) is 0 Å². The summed E-state index contributed by atoms with van der Waals surface area (Å²) in [6.45, 7) is 10.0. The van der Waals surface area contributed by atoms with Crippen molar-refractivity contribution >= 4 is 35.3 Å². The smallest absolute Gasteiger partial charge is 0.316 e. The summed E-state index contributed by atoms with van der Waals surface area (Å²) < 4.78 is 0. The molecular formula is C36H53N5O6. The lowest BCUT2D eigenvalue weighted by Gasteiger charge is -2.38. The molecule has 0 aromatic carbocycles. The van der Waals surface area contributed by atoms with Crippen LogP contribution in [0.3, 0.4) is 0 Å². The van der Waals surface area contributed by atoms with Crippen LogP contribution in [-0.4, -0.2) is 77.0 Å². The molecule has 47 heavy (non-hydrogen) atoms. The fourth-order valence-electron chi connectivity index (χ4n) is 7.85. The largest absolute Gasteiger partial charge is 0.347 e. The highest BCUT2D eigenvalue weighted by molar-refractivity contribution is 6.38. The van der Waals surface area contributed by atoms with Crippen molar-refractivity contribution in [3.05, 3.63) is 0 Å². The van der Waals surface area contributed by atoms with E-state index in [2.05, 4.69) is 41.0 Å². The second-order valence-corrected chi connectivity index (χ2v) is 16.3. The van der Waals surface area contributed by atoms with Gasteiger partial charge in [-0.1, -0.05) is 53.9 Å². The molecule has 0 spiro atoms. The highest BCUT2D eigenvalue weighted by Gasteiger charge is 2.70. The van der Waals surface area contributed by atoms with E-state index in [0.717, 1.165) is 57.8 Å². The summed E-state index contributed by atoms with van der Waals surface area (Å²) in [6.07, 6.45) is 14.1. The molecule has 4 N–H and O–H groups in total. The number of hydrogen-bond donors (Lipinski definition) is 4. The van der Waals surface area contributed by atoms with Gasteiger partial charge >= 0.3 is 6.03 Å². The van der Waals surface area contributed by atoms with E-state index in [9.17, 15) is 28.8 Å². The van der Waals surface area contributed by atoms with Gasteiger partial charge in [-0.25, -0.2) is 4.79 Å². The van der Waals surface area contributed by atoms with Crippen LogP contribution < -0.4 is 21.3 Å². The number of piperidine rings is 1. The Labute approximate surface area is 278 Å². The molecular weight excluding hydrogens is 598 g/mol. The van der Waals surface area contributed by atoms with Gasteiger partial charge in [0.15, 0.2) is 5.78 Å². The van der Waals surface area contributed by atoms with Crippen molar-refractivity contribution in [2.24, 2.45) is 34.5 Å². The molecule has 2 unspecified atom stereocenters. The van der Waals surface area contributed by atoms with E-state index >= 15 is 0 Å². The fourth-order valence-corrected chi connectivity index (χ4v) is 7.85. The molecule has 6 atom stereocenters. The van der Waals surface area contributed by atoms with Crippen LogP contribution in [0.15, 0.2) is 0 Å². The van der Waals surface area contributed by atoms with Crippen LogP contribution in [0, 0.1) is 46.8 Å². The third-order valence-corrected chi connectivity index (χ3v) is 11.2. The number of carbonyl (C=O) groups is 6. The number of hydrogen-bond acceptors (Lipinski definition) is 6. The number of fused-ring (bicyclic) bond motifs is 1. The molecule has 5 amide bonds. The minimum atomic E-state index is -1.11. The predicted molar refractivity (Wildman–Crippen MR) is 175 cm³/mol. The minimum Gasteiger partial charge on any atom is -0.347 e. The van der Waals surface area contributed by atoms with Crippen molar-refractivity contribution in [2.45, 2.75) is 135 Å². The van der Waals surface area contributed by atoms with Crippen molar-refractivity contribution in [2.75, 3.05) is 6.54 Å². The van der Waals surface area contributed by atoms with Gasteiger partial charge in [0.1, 0.15) is 12.1 Å². The zero-order valence-electron chi connectivity index (χ0n) is 28.7. The van der Waals surface area contributed by atoms with Gasteiger partial charge < -0.3 is 26.2 Å². The monoisotopic (exact) mass is 651 g/mol. The summed E-state index contributed by atoms with van der Waals surface area (Å²) >= 11 is 0. The maximum absolute atomic E-state index is 14.4. The van der Waals surface area contributed by atoms with E-state index in [1.165, 1.54) is 4.90 Å². The fraction of sp³-hybridized carbons (Fsp3) is 0.778. The Morgan fingerprint density at radius 3 is 2.15 bits per heavy atom. The van der Waals surface area contributed by atoms with Gasteiger partial charge in [-0.15, -0.1) is 12.3 Å². The van der Waals surface area contributed by atoms with E-state index in [0.29, 0.717) is 6.54 Å². The first-order valence-electron chi connectivity index (χ1n) is 17.6. The molecule has 4 saturated carbocycles. The van der Waals surface area contributed by atoms with Crippen molar-refractivity contribution in [1.82, 2.24) is 26.2 Å². The normalized spacial score (nSPS) is 26.9. The second kappa shape index (κ2) is 13.6. The van der Waals surface area contributed by atoms with E-state index in [-0.39, 0.29) is 53.8 Å². The van der Waals surface area contributed by atoms with E-state index in [1.54, 1.807) is 0 Å². The van der Waals surface area contributed by atoms with E-state index < -0.39 is 59.1 Å². The molecule has 258 valence electrons. The number of rotatable bonds is 13. The predicted octanol–water partition coefficient (Wildman–Crippen LogP) is 2.86. The summed E-state index contributed by atoms with van der Waals surface area (Å²) in [5, 5.41) is 11.3. The molecule has 1 aliphatic heterocycles. The van der Waals surface area contributed by atoms with Gasteiger partial charge in [0.05, 0.1) is 12.1 Å². The number of Topliss-reactive ketones (excluding diaryl/α,β-unsaturated/α-hetero) is 2. The molecule has 0 radical (unpaired) electrons. The molecule has 4 aliphatic carbocycles. The Morgan fingerprint density at radius 2 is 1.57 bits per heavy atom. The molecule has 1 saturated heterocycles. The average Bonchev–Trinajstić information content (AvgIpc) is 3.98. The summed E-state index contributed by atoms with van der Waals surface area (Å²) in [5.74, 6) is 0.192. The molecule has 1 heterocycles. The maximum Gasteiger partial charge on any atom is 0.316 e. The molecule has 0 aromatic rings. The summed E-state index contributed by atoms with van der Waals surface area (Å²) in [7, 11) is 0. The lowest BCUT2D eigenvalue weighted by atomic mass is 9.81. The van der Waals surface area contributed by atoms with Crippen LogP contribution in [0.2, 0.25) is 0 Å². The number of amides is 5. The lowest BCUT2D eigenvalue weighted by Crippen LogP contribution is -2.62. The zero-order valence-corrected chi connectivity index (χ0v) is 28.7. The quantitative estimate of drug-likeness (QED) is 0.178. The van der Waals surface area contributed by atoms with Crippen LogP contribution in [0.1, 0.15) is 105 Å². The van der Waals surface area contributed by atoms with Gasteiger partial charge in [0.25, 0.3) is 5.91 Å². The highest BCUT2D eigenvalue weighted by Crippen LogP contribution is 2.65. The summed E-state index contributed by atoms with van der Waals surface area (Å²) in [4.78, 5) is 82.4. The number of likely N-dealkylation sites (tertiary alicyclic amines) is 1. The Kier molecular flexibility index (Phi) is 10.1. The third kappa shape index (κ3) is 7.84. The lowest BCUT2D eigenvalue weighted by molar-refractivity contribution is -0.145. The minimum absolute atomic E-state index is 0.00246. The van der Waals surface area contributed by atoms with Gasteiger partial charge in [0, 0.05) is 24.9 Å². The molecule has 5 rings (SSSR count).